The van der Waals surface area contributed by atoms with Crippen molar-refractivity contribution >= 4 is 45.8 Å². The van der Waals surface area contributed by atoms with Crippen LogP contribution in [0.5, 0.6) is 0 Å². The number of ether oxygens (including phenoxy) is 2. The predicted octanol–water partition coefficient (Wildman–Crippen LogP) is 3.89. The maximum atomic E-state index is 6.14. The van der Waals surface area contributed by atoms with Gasteiger partial charge in [0, 0.05) is 20.1 Å². The second kappa shape index (κ2) is 5.94. The average Bonchev–Trinajstić information content (AvgIpc) is 3.07. The van der Waals surface area contributed by atoms with E-state index in [0.717, 1.165) is 23.3 Å². The van der Waals surface area contributed by atoms with Gasteiger partial charge >= 0.3 is 0 Å². The molecule has 0 aliphatic carbocycles. The molecule has 1 aromatic carbocycles. The molecule has 21 heavy (non-hydrogen) atoms. The van der Waals surface area contributed by atoms with Gasteiger partial charge in [-0.2, -0.15) is 0 Å². The maximum absolute atomic E-state index is 6.14. The lowest BCUT2D eigenvalue weighted by atomic mass is 10.0. The number of aromatic nitrogens is 2. The number of alkyl halides is 1. The van der Waals surface area contributed by atoms with Gasteiger partial charge in [0.15, 0.2) is 0 Å². The first kappa shape index (κ1) is 15.4. The summed E-state index contributed by atoms with van der Waals surface area (Å²) < 4.78 is 13.2. The molecule has 0 bridgehead atoms. The molecule has 0 amide bonds. The summed E-state index contributed by atoms with van der Waals surface area (Å²) in [6, 6.07) is 3.58. The molecule has 1 aliphatic rings. The fourth-order valence-electron chi connectivity index (χ4n) is 2.68. The summed E-state index contributed by atoms with van der Waals surface area (Å²) in [5.41, 5.74) is 1.34. The third kappa shape index (κ3) is 2.76. The van der Waals surface area contributed by atoms with Crippen LogP contribution >= 0.6 is 34.8 Å². The van der Waals surface area contributed by atoms with E-state index in [1.165, 1.54) is 0 Å². The Bertz CT molecular complexity index is 666. The molecule has 0 saturated carbocycles. The van der Waals surface area contributed by atoms with Gasteiger partial charge in [0.25, 0.3) is 0 Å². The van der Waals surface area contributed by atoms with Crippen LogP contribution in [0.25, 0.3) is 11.0 Å². The Hall–Kier alpha value is -0.520. The fourth-order valence-corrected chi connectivity index (χ4v) is 3.20. The van der Waals surface area contributed by atoms with Gasteiger partial charge < -0.3 is 14.0 Å². The van der Waals surface area contributed by atoms with Gasteiger partial charge in [0.1, 0.15) is 11.4 Å². The van der Waals surface area contributed by atoms with E-state index in [2.05, 4.69) is 4.98 Å². The predicted molar refractivity (Wildman–Crippen MR) is 84.5 cm³/mol. The quantitative estimate of drug-likeness (QED) is 0.786. The van der Waals surface area contributed by atoms with Crippen LogP contribution in [0.1, 0.15) is 12.2 Å². The number of rotatable bonds is 4. The van der Waals surface area contributed by atoms with Crippen molar-refractivity contribution < 1.29 is 9.47 Å². The maximum Gasteiger partial charge on any atom is 0.124 e. The van der Waals surface area contributed by atoms with E-state index < -0.39 is 0 Å². The summed E-state index contributed by atoms with van der Waals surface area (Å²) in [5, 5.41) is 0.987. The van der Waals surface area contributed by atoms with Crippen molar-refractivity contribution in [2.45, 2.75) is 24.4 Å². The SMILES string of the molecule is COC1(Cn2c(CCl)nc3cc(Cl)c(Cl)cc32)CCOC1. The molecule has 7 heteroatoms. The van der Waals surface area contributed by atoms with Crippen molar-refractivity contribution in [1.82, 2.24) is 9.55 Å². The molecule has 1 saturated heterocycles. The molecule has 1 unspecified atom stereocenters. The van der Waals surface area contributed by atoms with E-state index in [1.807, 2.05) is 10.6 Å². The van der Waals surface area contributed by atoms with E-state index in [-0.39, 0.29) is 5.60 Å². The summed E-state index contributed by atoms with van der Waals surface area (Å²) in [4.78, 5) is 4.53. The number of hydrogen-bond donors (Lipinski definition) is 0. The minimum absolute atomic E-state index is 0.310. The molecule has 0 spiro atoms. The highest BCUT2D eigenvalue weighted by Gasteiger charge is 2.36. The highest BCUT2D eigenvalue weighted by atomic mass is 35.5. The van der Waals surface area contributed by atoms with Crippen molar-refractivity contribution in [2.75, 3.05) is 20.3 Å². The molecule has 2 heterocycles. The summed E-state index contributed by atoms with van der Waals surface area (Å²) in [5.74, 6) is 1.08. The lowest BCUT2D eigenvalue weighted by Crippen LogP contribution is -2.37. The molecule has 3 rings (SSSR count). The first-order valence-corrected chi connectivity index (χ1v) is 7.90. The molecule has 1 atom stereocenters. The van der Waals surface area contributed by atoms with Crippen molar-refractivity contribution in [3.8, 4) is 0 Å². The number of hydrogen-bond acceptors (Lipinski definition) is 3. The van der Waals surface area contributed by atoms with Crippen LogP contribution in [0.3, 0.4) is 0 Å². The molecule has 1 aliphatic heterocycles. The van der Waals surface area contributed by atoms with E-state index >= 15 is 0 Å². The Kier molecular flexibility index (Phi) is 4.35. The largest absolute Gasteiger partial charge is 0.378 e. The molecule has 4 nitrogen and oxygen atoms in total. The number of nitrogens with zero attached hydrogens (tertiary/aromatic N) is 2. The molecule has 114 valence electrons. The fraction of sp³-hybridized carbons (Fsp3) is 0.500. The average molecular weight is 350 g/mol. The Morgan fingerprint density at radius 2 is 2.14 bits per heavy atom. The van der Waals surface area contributed by atoms with Crippen molar-refractivity contribution in [1.29, 1.82) is 0 Å². The number of fused-ring (bicyclic) bond motifs is 1. The lowest BCUT2D eigenvalue weighted by Gasteiger charge is -2.27. The van der Waals surface area contributed by atoms with Gasteiger partial charge in [-0.05, 0) is 12.1 Å². The number of methoxy groups -OCH3 is 1. The van der Waals surface area contributed by atoms with Crippen molar-refractivity contribution in [3.05, 3.63) is 28.0 Å². The van der Waals surface area contributed by atoms with E-state index in [0.29, 0.717) is 35.7 Å². The molecule has 0 N–H and O–H groups in total. The third-order valence-corrected chi connectivity index (χ3v) is 4.90. The summed E-state index contributed by atoms with van der Waals surface area (Å²) in [7, 11) is 1.71. The first-order chi connectivity index (χ1) is 10.1. The Morgan fingerprint density at radius 3 is 2.76 bits per heavy atom. The van der Waals surface area contributed by atoms with Crippen LogP contribution in [-0.4, -0.2) is 35.5 Å². The Labute approximate surface area is 137 Å². The minimum Gasteiger partial charge on any atom is -0.378 e. The van der Waals surface area contributed by atoms with Crippen molar-refractivity contribution in [3.63, 3.8) is 0 Å². The Morgan fingerprint density at radius 1 is 1.38 bits per heavy atom. The van der Waals surface area contributed by atoms with Crippen LogP contribution in [0, 0.1) is 0 Å². The molecular weight excluding hydrogens is 335 g/mol. The Balaban J connectivity index is 2.09. The number of halogens is 3. The first-order valence-electron chi connectivity index (χ1n) is 6.61. The lowest BCUT2D eigenvalue weighted by molar-refractivity contribution is -0.0291. The topological polar surface area (TPSA) is 36.3 Å². The third-order valence-electron chi connectivity index (χ3n) is 3.94. The second-order valence-corrected chi connectivity index (χ2v) is 6.27. The van der Waals surface area contributed by atoms with E-state index in [1.54, 1.807) is 13.2 Å². The molecule has 1 aromatic heterocycles. The normalized spacial score (nSPS) is 22.3. The van der Waals surface area contributed by atoms with Crippen LogP contribution in [0.2, 0.25) is 10.0 Å². The minimum atomic E-state index is -0.347. The molecule has 1 fully saturated rings. The van der Waals surface area contributed by atoms with Crippen LogP contribution in [0.4, 0.5) is 0 Å². The zero-order valence-electron chi connectivity index (χ0n) is 11.5. The summed E-state index contributed by atoms with van der Waals surface area (Å²) in [6.45, 7) is 1.88. The van der Waals surface area contributed by atoms with Gasteiger partial charge in [-0.25, -0.2) is 4.98 Å². The summed E-state index contributed by atoms with van der Waals surface area (Å²) in [6.07, 6.45) is 0.840. The molecule has 0 radical (unpaired) electrons. The van der Waals surface area contributed by atoms with Crippen LogP contribution in [0.15, 0.2) is 12.1 Å². The molecular formula is C14H15Cl3N2O2. The smallest absolute Gasteiger partial charge is 0.124 e. The van der Waals surface area contributed by atoms with Crippen molar-refractivity contribution in [2.24, 2.45) is 0 Å². The highest BCUT2D eigenvalue weighted by molar-refractivity contribution is 6.42. The van der Waals surface area contributed by atoms with Gasteiger partial charge in [-0.15, -0.1) is 11.6 Å². The van der Waals surface area contributed by atoms with E-state index in [9.17, 15) is 0 Å². The highest BCUT2D eigenvalue weighted by Crippen LogP contribution is 2.32. The number of imidazole rings is 1. The second-order valence-electron chi connectivity index (χ2n) is 5.19. The standard InChI is InChI=1S/C14H15Cl3N2O2/c1-20-14(2-3-21-8-14)7-19-12-5-10(17)9(16)4-11(12)18-13(19)6-15/h4-5H,2-3,6-8H2,1H3. The monoisotopic (exact) mass is 348 g/mol. The van der Waals surface area contributed by atoms with Gasteiger partial charge in [0.05, 0.1) is 40.1 Å². The van der Waals surface area contributed by atoms with Gasteiger partial charge in [-0.1, -0.05) is 23.2 Å². The van der Waals surface area contributed by atoms with Gasteiger partial charge in [-0.3, -0.25) is 0 Å². The molecule has 2 aromatic rings. The van der Waals surface area contributed by atoms with Crippen LogP contribution in [-0.2, 0) is 21.9 Å². The summed E-state index contributed by atoms with van der Waals surface area (Å²) >= 11 is 18.2. The zero-order chi connectivity index (χ0) is 15.0. The number of benzene rings is 1. The zero-order valence-corrected chi connectivity index (χ0v) is 13.8. The van der Waals surface area contributed by atoms with E-state index in [4.69, 9.17) is 44.3 Å². The van der Waals surface area contributed by atoms with Crippen LogP contribution < -0.4 is 0 Å². The van der Waals surface area contributed by atoms with Gasteiger partial charge in [0.2, 0.25) is 0 Å².